The Kier molecular flexibility index (Phi) is 9.46. The first-order valence-corrected chi connectivity index (χ1v) is 12.4. The van der Waals surface area contributed by atoms with Crippen LogP contribution in [0.25, 0.3) is 0 Å². The smallest absolute Gasteiger partial charge is 0.343 e. The first-order valence-electron chi connectivity index (χ1n) is 12.4. The van der Waals surface area contributed by atoms with Crippen LogP contribution in [0.2, 0.25) is 0 Å². The molecule has 5 atom stereocenters. The zero-order chi connectivity index (χ0) is 28.6. The topological polar surface area (TPSA) is 158 Å². The van der Waals surface area contributed by atoms with Gasteiger partial charge in [-0.25, -0.2) is 9.59 Å². The molecule has 40 heavy (non-hydrogen) atoms. The Balaban J connectivity index is 1.61. The minimum atomic E-state index is -1.63. The molecule has 11 nitrogen and oxygen atoms in total. The summed E-state index contributed by atoms with van der Waals surface area (Å²) in [5.74, 6) is -1.81. The Morgan fingerprint density at radius 1 is 0.850 bits per heavy atom. The molecule has 1 aliphatic rings. The number of hydrogen-bond acceptors (Lipinski definition) is 11. The fourth-order valence-electron chi connectivity index (χ4n) is 3.98. The third-order valence-electron chi connectivity index (χ3n) is 5.99. The number of aliphatic hydroxyl groups is 3. The van der Waals surface area contributed by atoms with E-state index in [1.165, 1.54) is 18.2 Å². The maximum absolute atomic E-state index is 12.6. The standard InChI is InChI=1S/C29H28O11/c1-17(31)37-26-25(33)24(32)23(15-30)40-29(26)39-22-13-12-21(38-28(35)19-10-6-3-7-11-19)14-20(22)16-36-27(34)18-8-4-2-5-9-18/h2-14,23-26,29-30,32-33H,15-16H2,1H3/t23-,24-,25+,26-,29-/m1/s1. The fraction of sp³-hybridized carbons (Fsp3) is 0.276. The second kappa shape index (κ2) is 13.2. The first-order chi connectivity index (χ1) is 19.3. The number of benzene rings is 3. The predicted molar refractivity (Wildman–Crippen MR) is 137 cm³/mol. The summed E-state index contributed by atoms with van der Waals surface area (Å²) in [4.78, 5) is 36.8. The molecule has 3 aromatic carbocycles. The summed E-state index contributed by atoms with van der Waals surface area (Å²) in [6.45, 7) is 0.138. The highest BCUT2D eigenvalue weighted by Gasteiger charge is 2.47. The lowest BCUT2D eigenvalue weighted by Gasteiger charge is -2.41. The molecule has 210 valence electrons. The number of hydrogen-bond donors (Lipinski definition) is 3. The molecule has 1 heterocycles. The van der Waals surface area contributed by atoms with Crippen LogP contribution in [0.5, 0.6) is 11.5 Å². The largest absolute Gasteiger partial charge is 0.460 e. The Morgan fingerprint density at radius 3 is 2.08 bits per heavy atom. The molecular weight excluding hydrogens is 524 g/mol. The van der Waals surface area contributed by atoms with E-state index in [4.69, 9.17) is 23.7 Å². The van der Waals surface area contributed by atoms with Crippen molar-refractivity contribution in [2.24, 2.45) is 0 Å². The number of esters is 3. The van der Waals surface area contributed by atoms with Crippen LogP contribution in [0.4, 0.5) is 0 Å². The molecule has 0 aliphatic carbocycles. The number of ether oxygens (including phenoxy) is 5. The number of rotatable bonds is 9. The van der Waals surface area contributed by atoms with Crippen molar-refractivity contribution in [1.82, 2.24) is 0 Å². The van der Waals surface area contributed by atoms with Crippen molar-refractivity contribution in [3.05, 3.63) is 95.6 Å². The SMILES string of the molecule is CC(=O)O[C@H]1[C@H](Oc2ccc(OC(=O)c3ccccc3)cc2COC(=O)c2ccccc2)O[C@H](CO)[C@@H](O)[C@@H]1O. The number of aliphatic hydroxyl groups excluding tert-OH is 3. The summed E-state index contributed by atoms with van der Waals surface area (Å²) in [6, 6.07) is 20.9. The van der Waals surface area contributed by atoms with Crippen LogP contribution in [0, 0.1) is 0 Å². The van der Waals surface area contributed by atoms with E-state index in [0.717, 1.165) is 6.92 Å². The van der Waals surface area contributed by atoms with Gasteiger partial charge in [-0.1, -0.05) is 36.4 Å². The van der Waals surface area contributed by atoms with E-state index in [2.05, 4.69) is 0 Å². The molecule has 0 amide bonds. The van der Waals surface area contributed by atoms with Gasteiger partial charge in [-0.3, -0.25) is 4.79 Å². The predicted octanol–water partition coefficient (Wildman–Crippen LogP) is 2.01. The van der Waals surface area contributed by atoms with Crippen molar-refractivity contribution in [3.63, 3.8) is 0 Å². The van der Waals surface area contributed by atoms with Gasteiger partial charge in [0.05, 0.1) is 17.7 Å². The third kappa shape index (κ3) is 7.01. The molecule has 0 bridgehead atoms. The lowest BCUT2D eigenvalue weighted by molar-refractivity contribution is -0.282. The number of carbonyl (C=O) groups is 3. The molecular formula is C29H28O11. The molecule has 0 spiro atoms. The van der Waals surface area contributed by atoms with E-state index in [-0.39, 0.29) is 23.7 Å². The Bertz CT molecular complexity index is 1310. The molecule has 0 aromatic heterocycles. The monoisotopic (exact) mass is 552 g/mol. The van der Waals surface area contributed by atoms with Gasteiger partial charge in [0, 0.05) is 12.5 Å². The number of carbonyl (C=O) groups excluding carboxylic acids is 3. The van der Waals surface area contributed by atoms with Crippen LogP contribution < -0.4 is 9.47 Å². The summed E-state index contributed by atoms with van der Waals surface area (Å²) in [6.07, 6.45) is -7.34. The first kappa shape index (κ1) is 28.7. The molecule has 1 aliphatic heterocycles. The molecule has 0 unspecified atom stereocenters. The fourth-order valence-corrected chi connectivity index (χ4v) is 3.98. The summed E-state index contributed by atoms with van der Waals surface area (Å²) in [7, 11) is 0. The normalized spacial score (nSPS) is 22.1. The Labute approximate surface area is 229 Å². The van der Waals surface area contributed by atoms with Crippen LogP contribution in [0.15, 0.2) is 78.9 Å². The summed E-state index contributed by atoms with van der Waals surface area (Å²) in [5, 5.41) is 30.4. The minimum Gasteiger partial charge on any atom is -0.460 e. The molecule has 1 saturated heterocycles. The maximum Gasteiger partial charge on any atom is 0.343 e. The molecule has 3 N–H and O–H groups in total. The van der Waals surface area contributed by atoms with Gasteiger partial charge in [0.1, 0.15) is 36.4 Å². The highest BCUT2D eigenvalue weighted by atomic mass is 16.7. The highest BCUT2D eigenvalue weighted by Crippen LogP contribution is 2.31. The molecule has 4 rings (SSSR count). The zero-order valence-corrected chi connectivity index (χ0v) is 21.4. The van der Waals surface area contributed by atoms with Gasteiger partial charge >= 0.3 is 17.9 Å². The highest BCUT2D eigenvalue weighted by molar-refractivity contribution is 5.91. The van der Waals surface area contributed by atoms with Crippen molar-refractivity contribution >= 4 is 17.9 Å². The van der Waals surface area contributed by atoms with E-state index in [0.29, 0.717) is 11.1 Å². The summed E-state index contributed by atoms with van der Waals surface area (Å²) < 4.78 is 27.6. The zero-order valence-electron chi connectivity index (χ0n) is 21.4. The van der Waals surface area contributed by atoms with Crippen LogP contribution in [0.3, 0.4) is 0 Å². The molecule has 3 aromatic rings. The van der Waals surface area contributed by atoms with Crippen LogP contribution >= 0.6 is 0 Å². The van der Waals surface area contributed by atoms with E-state index >= 15 is 0 Å². The van der Waals surface area contributed by atoms with E-state index in [1.54, 1.807) is 60.7 Å². The maximum atomic E-state index is 12.6. The van der Waals surface area contributed by atoms with Crippen molar-refractivity contribution in [1.29, 1.82) is 0 Å². The van der Waals surface area contributed by atoms with Crippen LogP contribution in [-0.4, -0.2) is 70.5 Å². The van der Waals surface area contributed by atoms with E-state index < -0.39 is 55.2 Å². The van der Waals surface area contributed by atoms with Crippen LogP contribution in [-0.2, 0) is 25.6 Å². The van der Waals surface area contributed by atoms with Crippen molar-refractivity contribution in [2.75, 3.05) is 6.61 Å². The van der Waals surface area contributed by atoms with Crippen molar-refractivity contribution in [3.8, 4) is 11.5 Å². The van der Waals surface area contributed by atoms with Gasteiger partial charge in [0.15, 0.2) is 6.10 Å². The molecule has 1 fully saturated rings. The van der Waals surface area contributed by atoms with Gasteiger partial charge in [0.2, 0.25) is 6.29 Å². The lowest BCUT2D eigenvalue weighted by Crippen LogP contribution is -2.61. The second-order valence-corrected chi connectivity index (χ2v) is 8.87. The van der Waals surface area contributed by atoms with Gasteiger partial charge < -0.3 is 39.0 Å². The molecule has 0 radical (unpaired) electrons. The minimum absolute atomic E-state index is 0.0720. The summed E-state index contributed by atoms with van der Waals surface area (Å²) in [5.41, 5.74) is 0.876. The van der Waals surface area contributed by atoms with Crippen molar-refractivity contribution < 1.29 is 53.4 Å². The summed E-state index contributed by atoms with van der Waals surface area (Å²) >= 11 is 0. The van der Waals surface area contributed by atoms with Gasteiger partial charge in [-0.2, -0.15) is 0 Å². The second-order valence-electron chi connectivity index (χ2n) is 8.87. The van der Waals surface area contributed by atoms with Gasteiger partial charge in [-0.15, -0.1) is 0 Å². The van der Waals surface area contributed by atoms with Crippen LogP contribution in [0.1, 0.15) is 33.2 Å². The average molecular weight is 553 g/mol. The third-order valence-corrected chi connectivity index (χ3v) is 5.99. The van der Waals surface area contributed by atoms with E-state index in [1.807, 2.05) is 0 Å². The molecule has 0 saturated carbocycles. The van der Waals surface area contributed by atoms with Gasteiger partial charge in [0.25, 0.3) is 0 Å². The Morgan fingerprint density at radius 2 is 1.48 bits per heavy atom. The lowest BCUT2D eigenvalue weighted by atomic mass is 9.99. The van der Waals surface area contributed by atoms with E-state index in [9.17, 15) is 29.7 Å². The van der Waals surface area contributed by atoms with Gasteiger partial charge in [-0.05, 0) is 42.5 Å². The Hall–Kier alpha value is -4.29. The quantitative estimate of drug-likeness (QED) is 0.263. The molecule has 11 heteroatoms. The van der Waals surface area contributed by atoms with Crippen molar-refractivity contribution in [2.45, 2.75) is 44.2 Å². The average Bonchev–Trinajstić information content (AvgIpc) is 2.97.